The quantitative estimate of drug-likeness (QED) is 0.199. The Morgan fingerprint density at radius 2 is 0.778 bits per heavy atom. The van der Waals surface area contributed by atoms with Gasteiger partial charge >= 0.3 is 0 Å². The molecule has 0 aliphatic carbocycles. The lowest BCUT2D eigenvalue weighted by atomic mass is 10.0. The second-order valence-corrected chi connectivity index (χ2v) is 11.8. The SMILES string of the molecule is c1ccc(-n2c3cccc4c3c3c2cccc3n4-c2ccccc2-c2cccc(-n3c4ccccc4c4ccccc43)c2)cc1. The number of para-hydroxylation sites is 4. The summed E-state index contributed by atoms with van der Waals surface area (Å²) in [4.78, 5) is 0. The zero-order chi connectivity index (χ0) is 29.5. The van der Waals surface area contributed by atoms with E-state index in [1.165, 1.54) is 77.1 Å². The van der Waals surface area contributed by atoms with Crippen LogP contribution in [0.5, 0.6) is 0 Å². The van der Waals surface area contributed by atoms with Crippen molar-refractivity contribution in [3.05, 3.63) is 164 Å². The number of hydrogen-bond donors (Lipinski definition) is 0. The third kappa shape index (κ3) is 3.35. The second kappa shape index (κ2) is 9.22. The summed E-state index contributed by atoms with van der Waals surface area (Å²) in [6.45, 7) is 0. The van der Waals surface area contributed by atoms with Gasteiger partial charge in [0.05, 0.1) is 38.8 Å². The van der Waals surface area contributed by atoms with Gasteiger partial charge in [-0.3, -0.25) is 0 Å². The van der Waals surface area contributed by atoms with Crippen molar-refractivity contribution in [2.75, 3.05) is 0 Å². The maximum absolute atomic E-state index is 2.46. The van der Waals surface area contributed by atoms with E-state index in [1.54, 1.807) is 0 Å². The van der Waals surface area contributed by atoms with Crippen LogP contribution in [0.3, 0.4) is 0 Å². The minimum Gasteiger partial charge on any atom is -0.309 e. The van der Waals surface area contributed by atoms with Gasteiger partial charge in [-0.15, -0.1) is 0 Å². The summed E-state index contributed by atoms with van der Waals surface area (Å²) in [6.07, 6.45) is 0. The first-order chi connectivity index (χ1) is 22.4. The smallest absolute Gasteiger partial charge is 0.0563 e. The van der Waals surface area contributed by atoms with Gasteiger partial charge in [0.25, 0.3) is 0 Å². The molecule has 0 saturated carbocycles. The van der Waals surface area contributed by atoms with Gasteiger partial charge in [0.2, 0.25) is 0 Å². The fraction of sp³-hybridized carbons (Fsp3) is 0. The third-order valence-electron chi connectivity index (χ3n) is 9.41. The minimum atomic E-state index is 1.16. The molecule has 0 N–H and O–H groups in total. The van der Waals surface area contributed by atoms with Crippen molar-refractivity contribution in [2.24, 2.45) is 0 Å². The van der Waals surface area contributed by atoms with Crippen molar-refractivity contribution < 1.29 is 0 Å². The van der Waals surface area contributed by atoms with Crippen LogP contribution in [0.15, 0.2) is 164 Å². The van der Waals surface area contributed by atoms with Crippen molar-refractivity contribution in [1.29, 1.82) is 0 Å². The summed E-state index contributed by atoms with van der Waals surface area (Å²) in [6, 6.07) is 59.3. The van der Waals surface area contributed by atoms with Crippen LogP contribution in [0.4, 0.5) is 0 Å². The Bertz CT molecular complexity index is 2580. The largest absolute Gasteiger partial charge is 0.309 e. The molecule has 3 heterocycles. The molecule has 7 aromatic carbocycles. The number of aromatic nitrogens is 3. The van der Waals surface area contributed by atoms with Gasteiger partial charge in [-0.2, -0.15) is 0 Å². The maximum atomic E-state index is 2.46. The third-order valence-corrected chi connectivity index (χ3v) is 9.41. The molecule has 0 atom stereocenters. The van der Waals surface area contributed by atoms with Gasteiger partial charge in [-0.1, -0.05) is 97.1 Å². The first-order valence-corrected chi connectivity index (χ1v) is 15.5. The first kappa shape index (κ1) is 24.4. The Morgan fingerprint density at radius 1 is 0.311 bits per heavy atom. The minimum absolute atomic E-state index is 1.16. The van der Waals surface area contributed by atoms with E-state index < -0.39 is 0 Å². The average molecular weight is 574 g/mol. The van der Waals surface area contributed by atoms with E-state index >= 15 is 0 Å². The summed E-state index contributed by atoms with van der Waals surface area (Å²) in [5.41, 5.74) is 13.3. The Labute approximate surface area is 259 Å². The van der Waals surface area contributed by atoms with E-state index in [1.807, 2.05) is 0 Å². The number of rotatable bonds is 4. The lowest BCUT2D eigenvalue weighted by Gasteiger charge is -2.16. The highest BCUT2D eigenvalue weighted by molar-refractivity contribution is 6.25. The summed E-state index contributed by atoms with van der Waals surface area (Å²) < 4.78 is 7.25. The molecule has 0 fully saturated rings. The summed E-state index contributed by atoms with van der Waals surface area (Å²) in [5, 5.41) is 5.16. The average Bonchev–Trinajstić information content (AvgIpc) is 3.75. The lowest BCUT2D eigenvalue weighted by Crippen LogP contribution is -2.00. The molecule has 3 heteroatoms. The van der Waals surface area contributed by atoms with Crippen LogP contribution >= 0.6 is 0 Å². The van der Waals surface area contributed by atoms with Gasteiger partial charge in [0.1, 0.15) is 0 Å². The molecule has 10 aromatic rings. The van der Waals surface area contributed by atoms with Crippen molar-refractivity contribution >= 4 is 54.6 Å². The maximum Gasteiger partial charge on any atom is 0.0563 e. The molecule has 45 heavy (non-hydrogen) atoms. The van der Waals surface area contributed by atoms with Crippen molar-refractivity contribution in [3.8, 4) is 28.2 Å². The van der Waals surface area contributed by atoms with Crippen LogP contribution in [-0.2, 0) is 0 Å². The molecule has 0 spiro atoms. The zero-order valence-electron chi connectivity index (χ0n) is 24.4. The van der Waals surface area contributed by atoms with Crippen molar-refractivity contribution in [1.82, 2.24) is 13.7 Å². The molecule has 10 rings (SSSR count). The molecule has 0 unspecified atom stereocenters. The lowest BCUT2D eigenvalue weighted by molar-refractivity contribution is 1.15. The predicted octanol–water partition coefficient (Wildman–Crippen LogP) is 10.9. The molecule has 0 amide bonds. The molecule has 0 aliphatic rings. The van der Waals surface area contributed by atoms with Crippen LogP contribution in [-0.4, -0.2) is 13.7 Å². The topological polar surface area (TPSA) is 14.8 Å². The number of hydrogen-bond acceptors (Lipinski definition) is 0. The van der Waals surface area contributed by atoms with Gasteiger partial charge in [0.15, 0.2) is 0 Å². The van der Waals surface area contributed by atoms with Crippen molar-refractivity contribution in [2.45, 2.75) is 0 Å². The molecule has 0 aliphatic heterocycles. The normalized spacial score (nSPS) is 12.0. The molecule has 0 radical (unpaired) electrons. The highest BCUT2D eigenvalue weighted by atomic mass is 15.0. The molecule has 3 nitrogen and oxygen atoms in total. The van der Waals surface area contributed by atoms with Crippen LogP contribution in [0.2, 0.25) is 0 Å². The molecule has 3 aromatic heterocycles. The van der Waals surface area contributed by atoms with Crippen LogP contribution in [0, 0.1) is 0 Å². The van der Waals surface area contributed by atoms with E-state index in [4.69, 9.17) is 0 Å². The van der Waals surface area contributed by atoms with Gasteiger partial charge < -0.3 is 13.7 Å². The zero-order valence-corrected chi connectivity index (χ0v) is 24.4. The summed E-state index contributed by atoms with van der Waals surface area (Å²) >= 11 is 0. The van der Waals surface area contributed by atoms with Gasteiger partial charge in [-0.05, 0) is 72.3 Å². The van der Waals surface area contributed by atoms with Crippen molar-refractivity contribution in [3.63, 3.8) is 0 Å². The van der Waals surface area contributed by atoms with Crippen LogP contribution < -0.4 is 0 Å². The molecule has 210 valence electrons. The van der Waals surface area contributed by atoms with E-state index in [0.29, 0.717) is 0 Å². The fourth-order valence-corrected chi connectivity index (χ4v) is 7.61. The Morgan fingerprint density at radius 3 is 1.44 bits per heavy atom. The predicted molar refractivity (Wildman–Crippen MR) is 189 cm³/mol. The van der Waals surface area contributed by atoms with Gasteiger partial charge in [0, 0.05) is 38.5 Å². The van der Waals surface area contributed by atoms with Crippen LogP contribution in [0.25, 0.3) is 82.8 Å². The second-order valence-electron chi connectivity index (χ2n) is 11.8. The highest BCUT2D eigenvalue weighted by Gasteiger charge is 2.23. The summed E-state index contributed by atoms with van der Waals surface area (Å²) in [5.74, 6) is 0. The standard InChI is InChI=1S/C42H27N3/c1-2-14-29(15-3-1)43-37-23-11-25-39-41(37)42-38(43)24-12-26-40(42)45(39)34-20-7-4-17-31(34)28-13-10-16-30(27-28)44-35-21-8-5-18-32(35)33-19-6-9-22-36(33)44/h1-27H. The summed E-state index contributed by atoms with van der Waals surface area (Å²) in [7, 11) is 0. The van der Waals surface area contributed by atoms with E-state index in [0.717, 1.165) is 5.69 Å². The number of fused-ring (bicyclic) bond motifs is 3. The fourth-order valence-electron chi connectivity index (χ4n) is 7.61. The molecular weight excluding hydrogens is 546 g/mol. The number of benzene rings is 7. The van der Waals surface area contributed by atoms with E-state index in [2.05, 4.69) is 177 Å². The number of nitrogens with zero attached hydrogens (tertiary/aromatic N) is 3. The molecule has 0 saturated heterocycles. The molecular formula is C42H27N3. The Hall–Kier alpha value is -6.06. The highest BCUT2D eigenvalue weighted by Crippen LogP contribution is 2.44. The van der Waals surface area contributed by atoms with Crippen LogP contribution in [0.1, 0.15) is 0 Å². The Balaban J connectivity index is 1.22. The Kier molecular flexibility index (Phi) is 5.00. The van der Waals surface area contributed by atoms with E-state index in [-0.39, 0.29) is 0 Å². The monoisotopic (exact) mass is 573 g/mol. The van der Waals surface area contributed by atoms with E-state index in [9.17, 15) is 0 Å². The molecule has 0 bridgehead atoms. The van der Waals surface area contributed by atoms with Gasteiger partial charge in [-0.25, -0.2) is 0 Å². The first-order valence-electron chi connectivity index (χ1n) is 15.5.